The van der Waals surface area contributed by atoms with Crippen LogP contribution >= 0.6 is 0 Å². The summed E-state index contributed by atoms with van der Waals surface area (Å²) in [5.74, 6) is 1.49. The predicted octanol–water partition coefficient (Wildman–Crippen LogP) is 2.44. The summed E-state index contributed by atoms with van der Waals surface area (Å²) in [6, 6.07) is 5.44. The van der Waals surface area contributed by atoms with Gasteiger partial charge in [0.25, 0.3) is 5.09 Å². The van der Waals surface area contributed by atoms with Crippen LogP contribution in [-0.4, -0.2) is 27.5 Å². The average molecular weight is 333 g/mol. The second-order valence-electron chi connectivity index (χ2n) is 7.88. The topological polar surface area (TPSA) is 92.8 Å². The number of aryl methyl sites for hydroxylation is 1. The zero-order valence-corrected chi connectivity index (χ0v) is 13.7. The molecule has 1 aromatic carbocycles. The van der Waals surface area contributed by atoms with Crippen molar-refractivity contribution in [3.63, 3.8) is 0 Å². The molecule has 6 nitrogen and oxygen atoms in total. The fourth-order valence-electron chi connectivity index (χ4n) is 5.69. The van der Waals surface area contributed by atoms with Gasteiger partial charge in [-0.1, -0.05) is 13.0 Å². The lowest BCUT2D eigenvalue weighted by atomic mass is 9.55. The lowest BCUT2D eigenvalue weighted by molar-refractivity contribution is -0.711. The third-order valence-corrected chi connectivity index (χ3v) is 6.85. The number of aliphatic hydroxyl groups excluding tert-OH is 2. The molecule has 2 N–H and O–H groups in total. The van der Waals surface area contributed by atoms with Crippen molar-refractivity contribution in [3.8, 4) is 5.75 Å². The van der Waals surface area contributed by atoms with Crippen LogP contribution in [-0.2, 0) is 6.42 Å². The van der Waals surface area contributed by atoms with Gasteiger partial charge in [-0.05, 0) is 78.5 Å². The maximum atomic E-state index is 10.5. The van der Waals surface area contributed by atoms with Crippen LogP contribution in [0.4, 0.5) is 0 Å². The minimum atomic E-state index is -0.777. The van der Waals surface area contributed by atoms with Crippen LogP contribution in [0.15, 0.2) is 18.2 Å². The standard InChI is InChI=1S/C18H23NO5/c1-18-7-6-13-12-5-3-11(24-19(22)23)8-10(12)2-4-14(13)15(18)9-16(20)17(18)21/h3,5,8,13-17,20-21H,2,4,6-7,9H2,1H3/t13-,14-,15+,16-,17+,18+/m1/s1. The van der Waals surface area contributed by atoms with Crippen molar-refractivity contribution in [1.29, 1.82) is 0 Å². The summed E-state index contributed by atoms with van der Waals surface area (Å²) in [6.45, 7) is 2.12. The molecule has 6 heteroatoms. The van der Waals surface area contributed by atoms with Gasteiger partial charge in [0.15, 0.2) is 0 Å². The second kappa shape index (κ2) is 5.43. The molecule has 0 bridgehead atoms. The van der Waals surface area contributed by atoms with E-state index in [1.807, 2.05) is 6.07 Å². The first-order valence-electron chi connectivity index (χ1n) is 8.71. The third kappa shape index (κ3) is 2.24. The van der Waals surface area contributed by atoms with E-state index in [4.69, 9.17) is 0 Å². The van der Waals surface area contributed by atoms with Crippen LogP contribution in [0.25, 0.3) is 0 Å². The molecule has 2 fully saturated rings. The Morgan fingerprint density at radius 2 is 2.12 bits per heavy atom. The highest BCUT2D eigenvalue weighted by Crippen LogP contribution is 2.60. The number of hydrogen-bond acceptors (Lipinski definition) is 5. The number of nitrogens with zero attached hydrogens (tertiary/aromatic N) is 1. The van der Waals surface area contributed by atoms with Crippen LogP contribution in [0.3, 0.4) is 0 Å². The zero-order valence-electron chi connectivity index (χ0n) is 13.7. The van der Waals surface area contributed by atoms with Gasteiger partial charge in [0.05, 0.1) is 12.2 Å². The Labute approximate surface area is 140 Å². The summed E-state index contributed by atoms with van der Waals surface area (Å²) >= 11 is 0. The molecule has 24 heavy (non-hydrogen) atoms. The van der Waals surface area contributed by atoms with Gasteiger partial charge in [0.2, 0.25) is 0 Å². The molecule has 0 aromatic heterocycles. The molecule has 6 atom stereocenters. The molecular weight excluding hydrogens is 310 g/mol. The number of hydrogen-bond donors (Lipinski definition) is 2. The lowest BCUT2D eigenvalue weighted by Crippen LogP contribution is -2.44. The molecule has 0 aliphatic heterocycles. The smallest absolute Gasteiger partial charge is 0.299 e. The Kier molecular flexibility index (Phi) is 3.58. The van der Waals surface area contributed by atoms with Crippen molar-refractivity contribution in [2.24, 2.45) is 17.3 Å². The van der Waals surface area contributed by atoms with E-state index >= 15 is 0 Å². The molecule has 3 aliphatic rings. The van der Waals surface area contributed by atoms with Gasteiger partial charge in [-0.2, -0.15) is 0 Å². The van der Waals surface area contributed by atoms with Gasteiger partial charge in [0.1, 0.15) is 5.75 Å². The Hall–Kier alpha value is -1.66. The van der Waals surface area contributed by atoms with Crippen molar-refractivity contribution >= 4 is 0 Å². The maximum Gasteiger partial charge on any atom is 0.299 e. The monoisotopic (exact) mass is 333 g/mol. The summed E-state index contributed by atoms with van der Waals surface area (Å²) in [7, 11) is 0. The Bertz CT molecular complexity index is 677. The average Bonchev–Trinajstić information content (AvgIpc) is 2.77. The fourth-order valence-corrected chi connectivity index (χ4v) is 5.69. The van der Waals surface area contributed by atoms with Crippen molar-refractivity contribution in [2.45, 2.75) is 57.2 Å². The first kappa shape index (κ1) is 15.8. The van der Waals surface area contributed by atoms with E-state index in [0.29, 0.717) is 24.2 Å². The molecule has 0 spiro atoms. The first-order chi connectivity index (χ1) is 11.4. The maximum absolute atomic E-state index is 10.5. The van der Waals surface area contributed by atoms with E-state index in [1.165, 1.54) is 5.56 Å². The van der Waals surface area contributed by atoms with Crippen molar-refractivity contribution < 1.29 is 20.1 Å². The SMILES string of the molecule is C[C@]12CC[C@@H]3c4ccc(O[N+](=O)[O-])cc4CC[C@H]3[C@@H]1C[C@@H](O)[C@@H]2O. The van der Waals surface area contributed by atoms with Gasteiger partial charge < -0.3 is 10.2 Å². The molecule has 0 unspecified atom stereocenters. The van der Waals surface area contributed by atoms with Gasteiger partial charge >= 0.3 is 0 Å². The van der Waals surface area contributed by atoms with Crippen molar-refractivity contribution in [3.05, 3.63) is 39.4 Å². The molecule has 3 aliphatic carbocycles. The van der Waals surface area contributed by atoms with Crippen LogP contribution in [0.5, 0.6) is 5.75 Å². The number of fused-ring (bicyclic) bond motifs is 5. The van der Waals surface area contributed by atoms with Crippen LogP contribution in [0.1, 0.15) is 49.7 Å². The highest BCUT2D eigenvalue weighted by atomic mass is 17.0. The molecule has 0 heterocycles. The predicted molar refractivity (Wildman–Crippen MR) is 86.1 cm³/mol. The summed E-state index contributed by atoms with van der Waals surface area (Å²) in [4.78, 5) is 15.1. The van der Waals surface area contributed by atoms with E-state index in [2.05, 4.69) is 11.8 Å². The van der Waals surface area contributed by atoms with Crippen LogP contribution in [0.2, 0.25) is 0 Å². The molecule has 2 saturated carbocycles. The van der Waals surface area contributed by atoms with E-state index < -0.39 is 17.3 Å². The molecule has 0 saturated heterocycles. The van der Waals surface area contributed by atoms with E-state index in [1.54, 1.807) is 12.1 Å². The third-order valence-electron chi connectivity index (χ3n) is 6.85. The molecule has 0 amide bonds. The highest BCUT2D eigenvalue weighted by molar-refractivity contribution is 5.40. The summed E-state index contributed by atoms with van der Waals surface area (Å²) in [5.41, 5.74) is 2.21. The number of benzene rings is 1. The minimum absolute atomic E-state index is 0.188. The molecule has 0 radical (unpaired) electrons. The minimum Gasteiger partial charge on any atom is -0.390 e. The highest BCUT2D eigenvalue weighted by Gasteiger charge is 2.57. The second-order valence-corrected chi connectivity index (χ2v) is 7.88. The molecule has 1 aromatic rings. The quantitative estimate of drug-likeness (QED) is 0.640. The van der Waals surface area contributed by atoms with Crippen molar-refractivity contribution in [1.82, 2.24) is 0 Å². The summed E-state index contributed by atoms with van der Waals surface area (Å²) in [6.07, 6.45) is 3.20. The normalized spacial score (nSPS) is 40.4. The fraction of sp³-hybridized carbons (Fsp3) is 0.667. The largest absolute Gasteiger partial charge is 0.390 e. The Morgan fingerprint density at radius 3 is 2.88 bits per heavy atom. The zero-order chi connectivity index (χ0) is 17.1. The first-order valence-corrected chi connectivity index (χ1v) is 8.71. The number of rotatable bonds is 2. The molecular formula is C18H23NO5. The van der Waals surface area contributed by atoms with Crippen molar-refractivity contribution in [2.75, 3.05) is 0 Å². The lowest BCUT2D eigenvalue weighted by Gasteiger charge is -2.49. The summed E-state index contributed by atoms with van der Waals surface area (Å²) < 4.78 is 0. The Morgan fingerprint density at radius 1 is 1.33 bits per heavy atom. The van der Waals surface area contributed by atoms with E-state index in [-0.39, 0.29) is 11.2 Å². The number of aliphatic hydroxyl groups is 2. The van der Waals surface area contributed by atoms with Crippen LogP contribution < -0.4 is 4.84 Å². The molecule has 4 rings (SSSR count). The van der Waals surface area contributed by atoms with Gasteiger partial charge in [0, 0.05) is 0 Å². The van der Waals surface area contributed by atoms with E-state index in [0.717, 1.165) is 31.2 Å². The van der Waals surface area contributed by atoms with Gasteiger partial charge in [-0.15, -0.1) is 10.1 Å². The van der Waals surface area contributed by atoms with Gasteiger partial charge in [-0.3, -0.25) is 4.84 Å². The Balaban J connectivity index is 1.64. The van der Waals surface area contributed by atoms with Crippen LogP contribution in [0, 0.1) is 27.4 Å². The molecule has 130 valence electrons. The summed E-state index contributed by atoms with van der Waals surface area (Å²) in [5, 5.41) is 30.3. The van der Waals surface area contributed by atoms with E-state index in [9.17, 15) is 20.3 Å². The van der Waals surface area contributed by atoms with Gasteiger partial charge in [-0.25, -0.2) is 0 Å².